The average molecular weight is 517 g/mol. The largest absolute Gasteiger partial charge is 0.478 e. The van der Waals surface area contributed by atoms with Crippen molar-refractivity contribution < 1.29 is 15.0 Å². The number of aromatic amines is 1. The molecule has 8 heteroatoms. The first-order valence-corrected chi connectivity index (χ1v) is 11.6. The van der Waals surface area contributed by atoms with Crippen molar-refractivity contribution in [3.05, 3.63) is 74.7 Å². The number of hydrogen-bond donors (Lipinski definition) is 3. The van der Waals surface area contributed by atoms with Gasteiger partial charge in [-0.1, -0.05) is 49.2 Å². The molecule has 0 saturated carbocycles. The highest BCUT2D eigenvalue weighted by Gasteiger charge is 2.19. The molecule has 2 heterocycles. The van der Waals surface area contributed by atoms with E-state index in [1.54, 1.807) is 18.2 Å². The number of imidazole rings is 1. The van der Waals surface area contributed by atoms with Crippen molar-refractivity contribution in [1.29, 1.82) is 0 Å². The molecule has 0 amide bonds. The first-order valence-electron chi connectivity index (χ1n) is 10.4. The van der Waals surface area contributed by atoms with Crippen molar-refractivity contribution in [2.75, 3.05) is 0 Å². The van der Waals surface area contributed by atoms with Crippen LogP contribution in [0.2, 0.25) is 5.15 Å². The fraction of sp³-hybridized carbons (Fsp3) is 0.250. The van der Waals surface area contributed by atoms with Gasteiger partial charge in [0.15, 0.2) is 0 Å². The molecule has 0 aliphatic heterocycles. The zero-order chi connectivity index (χ0) is 22.8. The van der Waals surface area contributed by atoms with Gasteiger partial charge in [0.05, 0.1) is 28.9 Å². The van der Waals surface area contributed by atoms with Gasteiger partial charge < -0.3 is 19.8 Å². The summed E-state index contributed by atoms with van der Waals surface area (Å²) in [5.41, 5.74) is 4.00. The molecule has 0 aliphatic carbocycles. The summed E-state index contributed by atoms with van der Waals surface area (Å²) in [7, 11) is 0. The molecule has 0 unspecified atom stereocenters. The number of carbonyl (C=O) groups is 1. The Morgan fingerprint density at radius 3 is 2.75 bits per heavy atom. The number of H-pyrrole nitrogens is 1. The SMILES string of the molecule is CCCCc1nc(CO)c(Cl)n1Cc1ccc2[nH]c(-c3ccccc3C(=O)O)c(Br)c2c1. The number of benzene rings is 2. The predicted octanol–water partition coefficient (Wildman–Crippen LogP) is 6.03. The Morgan fingerprint density at radius 2 is 2.03 bits per heavy atom. The first kappa shape index (κ1) is 22.6. The maximum absolute atomic E-state index is 11.7. The second-order valence-electron chi connectivity index (χ2n) is 7.66. The van der Waals surface area contributed by atoms with Crippen LogP contribution in [0.15, 0.2) is 46.9 Å². The summed E-state index contributed by atoms with van der Waals surface area (Å²) in [6.45, 7) is 2.46. The highest BCUT2D eigenvalue weighted by Crippen LogP contribution is 2.37. The Kier molecular flexibility index (Phi) is 6.69. The van der Waals surface area contributed by atoms with E-state index < -0.39 is 5.97 Å². The molecule has 2 aromatic carbocycles. The topological polar surface area (TPSA) is 91.1 Å². The maximum atomic E-state index is 11.7. The maximum Gasteiger partial charge on any atom is 0.336 e. The van der Waals surface area contributed by atoms with E-state index in [1.165, 1.54) is 0 Å². The molecule has 0 radical (unpaired) electrons. The molecule has 0 fully saturated rings. The van der Waals surface area contributed by atoms with Crippen LogP contribution in [0, 0.1) is 0 Å². The van der Waals surface area contributed by atoms with Crippen LogP contribution in [0.1, 0.15) is 47.2 Å². The number of aromatic carboxylic acids is 1. The van der Waals surface area contributed by atoms with Crippen molar-refractivity contribution in [3.63, 3.8) is 0 Å². The van der Waals surface area contributed by atoms with Crippen molar-refractivity contribution >= 4 is 44.4 Å². The van der Waals surface area contributed by atoms with Crippen molar-refractivity contribution in [2.45, 2.75) is 39.3 Å². The first-order chi connectivity index (χ1) is 15.4. The molecule has 3 N–H and O–H groups in total. The molecule has 166 valence electrons. The van der Waals surface area contributed by atoms with Gasteiger partial charge >= 0.3 is 5.97 Å². The van der Waals surface area contributed by atoms with Gasteiger partial charge in [-0.05, 0) is 46.1 Å². The van der Waals surface area contributed by atoms with Crippen LogP contribution in [0.25, 0.3) is 22.2 Å². The summed E-state index contributed by atoms with van der Waals surface area (Å²) < 4.78 is 2.76. The van der Waals surface area contributed by atoms with E-state index in [4.69, 9.17) is 11.6 Å². The van der Waals surface area contributed by atoms with Gasteiger partial charge in [0, 0.05) is 22.9 Å². The summed E-state index contributed by atoms with van der Waals surface area (Å²) >= 11 is 10.2. The number of hydrogen-bond acceptors (Lipinski definition) is 3. The zero-order valence-corrected chi connectivity index (χ0v) is 19.9. The van der Waals surface area contributed by atoms with Crippen LogP contribution in [-0.4, -0.2) is 30.7 Å². The monoisotopic (exact) mass is 515 g/mol. The lowest BCUT2D eigenvalue weighted by atomic mass is 10.0. The van der Waals surface area contributed by atoms with Crippen molar-refractivity contribution in [2.24, 2.45) is 0 Å². The minimum Gasteiger partial charge on any atom is -0.478 e. The summed E-state index contributed by atoms with van der Waals surface area (Å²) in [5.74, 6) is -0.105. The second-order valence-corrected chi connectivity index (χ2v) is 8.81. The number of aliphatic hydroxyl groups excluding tert-OH is 1. The van der Waals surface area contributed by atoms with E-state index >= 15 is 0 Å². The molecule has 4 aromatic rings. The standard InChI is InChI=1S/C24H23BrClN3O3/c1-2-3-8-20-27-19(13-30)23(26)29(20)12-14-9-10-18-17(11-14)21(25)22(28-18)15-6-4-5-7-16(15)24(31)32/h4-7,9-11,28,30H,2-3,8,12-13H2,1H3,(H,31,32). The Hall–Kier alpha value is -2.61. The number of aromatic nitrogens is 3. The summed E-state index contributed by atoms with van der Waals surface area (Å²) in [4.78, 5) is 19.5. The number of nitrogens with zero attached hydrogens (tertiary/aromatic N) is 2. The summed E-state index contributed by atoms with van der Waals surface area (Å²) in [6, 6.07) is 13.0. The molecule has 2 aromatic heterocycles. The quantitative estimate of drug-likeness (QED) is 0.267. The summed E-state index contributed by atoms with van der Waals surface area (Å²) in [5, 5.41) is 20.6. The van der Waals surface area contributed by atoms with Crippen molar-refractivity contribution in [3.8, 4) is 11.3 Å². The lowest BCUT2D eigenvalue weighted by Gasteiger charge is -2.10. The molecular formula is C24H23BrClN3O3. The Morgan fingerprint density at radius 1 is 1.25 bits per heavy atom. The third kappa shape index (κ3) is 4.20. The normalized spacial score (nSPS) is 11.4. The molecule has 0 bridgehead atoms. The van der Waals surface area contributed by atoms with Gasteiger partial charge in [0.2, 0.25) is 0 Å². The lowest BCUT2D eigenvalue weighted by molar-refractivity contribution is 0.0697. The number of unbranched alkanes of at least 4 members (excludes halogenated alkanes) is 1. The van der Waals surface area contributed by atoms with E-state index in [0.29, 0.717) is 23.0 Å². The summed E-state index contributed by atoms with van der Waals surface area (Å²) in [6.07, 6.45) is 2.83. The highest BCUT2D eigenvalue weighted by atomic mass is 79.9. The number of carboxylic acids is 1. The van der Waals surface area contributed by atoms with E-state index in [-0.39, 0.29) is 12.2 Å². The van der Waals surface area contributed by atoms with Crippen LogP contribution in [0.5, 0.6) is 0 Å². The minimum atomic E-state index is -0.971. The van der Waals surface area contributed by atoms with Gasteiger partial charge in [0.25, 0.3) is 0 Å². The Bertz CT molecular complexity index is 1300. The van der Waals surface area contributed by atoms with Gasteiger partial charge in [-0.2, -0.15) is 0 Å². The third-order valence-corrected chi connectivity index (χ3v) is 6.77. The number of carboxylic acid groups (broad SMARTS) is 1. The van der Waals surface area contributed by atoms with Crippen LogP contribution in [0.4, 0.5) is 0 Å². The van der Waals surface area contributed by atoms with Gasteiger partial charge in [-0.25, -0.2) is 9.78 Å². The number of nitrogens with one attached hydrogen (secondary N) is 1. The van der Waals surface area contributed by atoms with Crippen LogP contribution in [-0.2, 0) is 19.6 Å². The fourth-order valence-electron chi connectivity index (χ4n) is 3.88. The molecule has 6 nitrogen and oxygen atoms in total. The predicted molar refractivity (Wildman–Crippen MR) is 129 cm³/mol. The number of halogens is 2. The van der Waals surface area contributed by atoms with Gasteiger partial charge in [0.1, 0.15) is 16.7 Å². The van der Waals surface area contributed by atoms with E-state index in [0.717, 1.165) is 51.7 Å². The number of rotatable bonds is 8. The Labute approximate surface area is 199 Å². The fourth-order valence-corrected chi connectivity index (χ4v) is 4.78. The molecule has 4 rings (SSSR count). The van der Waals surface area contributed by atoms with Crippen LogP contribution in [0.3, 0.4) is 0 Å². The molecule has 0 aliphatic rings. The van der Waals surface area contributed by atoms with Gasteiger partial charge in [-0.15, -0.1) is 0 Å². The zero-order valence-electron chi connectivity index (χ0n) is 17.5. The van der Waals surface area contributed by atoms with E-state index in [2.05, 4.69) is 38.9 Å². The van der Waals surface area contributed by atoms with Gasteiger partial charge in [-0.3, -0.25) is 0 Å². The van der Waals surface area contributed by atoms with Crippen LogP contribution >= 0.6 is 27.5 Å². The number of aryl methyl sites for hydroxylation is 1. The second kappa shape index (κ2) is 9.48. The van der Waals surface area contributed by atoms with E-state index in [1.807, 2.05) is 22.8 Å². The molecular weight excluding hydrogens is 494 g/mol. The lowest BCUT2D eigenvalue weighted by Crippen LogP contribution is -2.05. The molecule has 32 heavy (non-hydrogen) atoms. The minimum absolute atomic E-state index is 0.195. The third-order valence-electron chi connectivity index (χ3n) is 5.52. The molecule has 0 atom stereocenters. The highest BCUT2D eigenvalue weighted by molar-refractivity contribution is 9.10. The van der Waals surface area contributed by atoms with E-state index in [9.17, 15) is 15.0 Å². The Balaban J connectivity index is 1.74. The molecule has 0 spiro atoms. The molecule has 0 saturated heterocycles. The number of fused-ring (bicyclic) bond motifs is 1. The smallest absolute Gasteiger partial charge is 0.336 e. The average Bonchev–Trinajstić information content (AvgIpc) is 3.28. The van der Waals surface area contributed by atoms with Crippen LogP contribution < -0.4 is 0 Å². The van der Waals surface area contributed by atoms with Crippen molar-refractivity contribution in [1.82, 2.24) is 14.5 Å². The number of aliphatic hydroxyl groups is 1.